The highest BCUT2D eigenvalue weighted by Crippen LogP contribution is 2.49. The van der Waals surface area contributed by atoms with E-state index in [1.54, 1.807) is 0 Å². The highest BCUT2D eigenvalue weighted by atomic mass is 32.1. The van der Waals surface area contributed by atoms with Gasteiger partial charge >= 0.3 is 0 Å². The summed E-state index contributed by atoms with van der Waals surface area (Å²) in [5.41, 5.74) is 5.48. The van der Waals surface area contributed by atoms with E-state index in [1.165, 1.54) is 25.7 Å². The van der Waals surface area contributed by atoms with Gasteiger partial charge in [-0.3, -0.25) is 0 Å². The third-order valence-corrected chi connectivity index (χ3v) is 3.92. The molecule has 0 aromatic heterocycles. The second-order valence-corrected chi connectivity index (χ2v) is 5.08. The third kappa shape index (κ3) is 1.80. The molecular formula is C10H18N2S. The molecule has 0 heterocycles. The topological polar surface area (TPSA) is 38.0 Å². The highest BCUT2D eigenvalue weighted by Gasteiger charge is 2.41. The van der Waals surface area contributed by atoms with E-state index in [9.17, 15) is 0 Å². The minimum Gasteiger partial charge on any atom is -0.376 e. The molecule has 3 heteroatoms. The summed E-state index contributed by atoms with van der Waals surface area (Å²) in [7, 11) is 0. The maximum Gasteiger partial charge on any atom is 0.163 e. The summed E-state index contributed by atoms with van der Waals surface area (Å²) in [6.45, 7) is 2.21. The van der Waals surface area contributed by atoms with Crippen molar-refractivity contribution >= 4 is 17.3 Å². The Morgan fingerprint density at radius 2 is 2.23 bits per heavy atom. The summed E-state index contributed by atoms with van der Waals surface area (Å²) in [6.07, 6.45) is 5.73. The van der Waals surface area contributed by atoms with E-state index in [4.69, 9.17) is 18.0 Å². The monoisotopic (exact) mass is 198 g/mol. The van der Waals surface area contributed by atoms with Gasteiger partial charge in [-0.1, -0.05) is 6.42 Å². The third-order valence-electron chi connectivity index (χ3n) is 3.80. The lowest BCUT2D eigenvalue weighted by Gasteiger charge is -2.28. The second kappa shape index (κ2) is 3.45. The van der Waals surface area contributed by atoms with E-state index in [2.05, 4.69) is 12.2 Å². The molecule has 0 saturated heterocycles. The van der Waals surface area contributed by atoms with Crippen LogP contribution in [0.25, 0.3) is 0 Å². The molecule has 4 atom stereocenters. The van der Waals surface area contributed by atoms with Gasteiger partial charge in [-0.2, -0.15) is 0 Å². The summed E-state index contributed by atoms with van der Waals surface area (Å²) in [5, 5.41) is 3.63. The quantitative estimate of drug-likeness (QED) is 0.663. The SMILES string of the molecule is CC(NC(N)=S)C1CC2CCC1C2. The van der Waals surface area contributed by atoms with Gasteiger partial charge in [0.2, 0.25) is 0 Å². The highest BCUT2D eigenvalue weighted by molar-refractivity contribution is 7.80. The molecule has 2 nitrogen and oxygen atoms in total. The van der Waals surface area contributed by atoms with Crippen molar-refractivity contribution in [3.63, 3.8) is 0 Å². The average molecular weight is 198 g/mol. The summed E-state index contributed by atoms with van der Waals surface area (Å²) in [4.78, 5) is 0. The van der Waals surface area contributed by atoms with E-state index < -0.39 is 0 Å². The molecule has 0 amide bonds. The van der Waals surface area contributed by atoms with Crippen molar-refractivity contribution in [1.82, 2.24) is 5.32 Å². The minimum atomic E-state index is 0.454. The van der Waals surface area contributed by atoms with Crippen LogP contribution in [0.2, 0.25) is 0 Å². The molecule has 74 valence electrons. The minimum absolute atomic E-state index is 0.454. The van der Waals surface area contributed by atoms with E-state index >= 15 is 0 Å². The summed E-state index contributed by atoms with van der Waals surface area (Å²) in [6, 6.07) is 0.479. The second-order valence-electron chi connectivity index (χ2n) is 4.64. The van der Waals surface area contributed by atoms with Crippen molar-refractivity contribution in [3.8, 4) is 0 Å². The standard InChI is InChI=1S/C10H18N2S/c1-6(12-10(11)13)9-5-7-2-3-8(9)4-7/h6-9H,2-5H2,1H3,(H3,11,12,13). The lowest BCUT2D eigenvalue weighted by Crippen LogP contribution is -2.42. The van der Waals surface area contributed by atoms with Crippen LogP contribution in [0.3, 0.4) is 0 Å². The summed E-state index contributed by atoms with van der Waals surface area (Å²) < 4.78 is 0. The Labute approximate surface area is 85.3 Å². The fourth-order valence-corrected chi connectivity index (χ4v) is 3.42. The number of hydrogen-bond acceptors (Lipinski definition) is 1. The van der Waals surface area contributed by atoms with Crippen LogP contribution in [0, 0.1) is 17.8 Å². The predicted octanol–water partition coefficient (Wildman–Crippen LogP) is 1.64. The first-order valence-corrected chi connectivity index (χ1v) is 5.63. The van der Waals surface area contributed by atoms with Gasteiger partial charge in [0.15, 0.2) is 5.11 Å². The smallest absolute Gasteiger partial charge is 0.163 e. The van der Waals surface area contributed by atoms with Gasteiger partial charge in [-0.25, -0.2) is 0 Å². The predicted molar refractivity (Wildman–Crippen MR) is 58.3 cm³/mol. The first-order valence-electron chi connectivity index (χ1n) is 5.22. The molecule has 2 fully saturated rings. The zero-order valence-electron chi connectivity index (χ0n) is 8.12. The van der Waals surface area contributed by atoms with E-state index in [1.807, 2.05) is 0 Å². The van der Waals surface area contributed by atoms with Gasteiger partial charge in [0.05, 0.1) is 0 Å². The van der Waals surface area contributed by atoms with Gasteiger partial charge in [0, 0.05) is 6.04 Å². The van der Waals surface area contributed by atoms with Crippen LogP contribution in [0.1, 0.15) is 32.6 Å². The Balaban J connectivity index is 1.91. The van der Waals surface area contributed by atoms with Crippen LogP contribution in [-0.2, 0) is 0 Å². The van der Waals surface area contributed by atoms with E-state index in [0.717, 1.165) is 17.8 Å². The maximum atomic E-state index is 5.48. The van der Waals surface area contributed by atoms with Crippen molar-refractivity contribution in [2.24, 2.45) is 23.5 Å². The van der Waals surface area contributed by atoms with Gasteiger partial charge < -0.3 is 11.1 Å². The van der Waals surface area contributed by atoms with Crippen molar-refractivity contribution in [3.05, 3.63) is 0 Å². The Hall–Kier alpha value is -0.310. The summed E-state index contributed by atoms with van der Waals surface area (Å²) in [5.74, 6) is 2.77. The normalized spacial score (nSPS) is 39.0. The fourth-order valence-electron chi connectivity index (χ4n) is 3.24. The molecule has 3 N–H and O–H groups in total. The molecule has 0 spiro atoms. The van der Waals surface area contributed by atoms with Crippen molar-refractivity contribution in [2.45, 2.75) is 38.6 Å². The van der Waals surface area contributed by atoms with E-state index in [0.29, 0.717) is 11.2 Å². The number of nitrogens with one attached hydrogen (secondary N) is 1. The van der Waals surface area contributed by atoms with Gasteiger partial charge in [0.25, 0.3) is 0 Å². The van der Waals surface area contributed by atoms with Crippen LogP contribution in [0.4, 0.5) is 0 Å². The number of hydrogen-bond donors (Lipinski definition) is 2. The van der Waals surface area contributed by atoms with Crippen LogP contribution < -0.4 is 11.1 Å². The van der Waals surface area contributed by atoms with Crippen LogP contribution in [-0.4, -0.2) is 11.2 Å². The molecule has 13 heavy (non-hydrogen) atoms. The lowest BCUT2D eigenvalue weighted by molar-refractivity contribution is 0.279. The molecule has 2 aliphatic carbocycles. The van der Waals surface area contributed by atoms with Crippen LogP contribution in [0.5, 0.6) is 0 Å². The first-order chi connectivity index (χ1) is 6.16. The molecule has 2 saturated carbocycles. The fraction of sp³-hybridized carbons (Fsp3) is 0.900. The van der Waals surface area contributed by atoms with Crippen molar-refractivity contribution < 1.29 is 0 Å². The molecule has 4 unspecified atom stereocenters. The summed E-state index contributed by atoms with van der Waals surface area (Å²) >= 11 is 4.86. The number of nitrogens with two attached hydrogens (primary N) is 1. The van der Waals surface area contributed by atoms with Crippen molar-refractivity contribution in [1.29, 1.82) is 0 Å². The maximum absolute atomic E-state index is 5.48. The Morgan fingerprint density at radius 3 is 2.69 bits per heavy atom. The van der Waals surface area contributed by atoms with Crippen LogP contribution >= 0.6 is 12.2 Å². The molecule has 0 radical (unpaired) electrons. The number of thiocarbonyl (C=S) groups is 1. The number of fused-ring (bicyclic) bond motifs is 2. The largest absolute Gasteiger partial charge is 0.376 e. The van der Waals surface area contributed by atoms with Crippen molar-refractivity contribution in [2.75, 3.05) is 0 Å². The number of rotatable bonds is 2. The first kappa shape index (κ1) is 9.25. The average Bonchev–Trinajstić information content (AvgIpc) is 2.62. The molecule has 0 aliphatic heterocycles. The molecular weight excluding hydrogens is 180 g/mol. The van der Waals surface area contributed by atoms with Gasteiger partial charge in [0.1, 0.15) is 0 Å². The van der Waals surface area contributed by atoms with E-state index in [-0.39, 0.29) is 0 Å². The molecule has 0 aromatic carbocycles. The van der Waals surface area contributed by atoms with Crippen LogP contribution in [0.15, 0.2) is 0 Å². The molecule has 0 aromatic rings. The Kier molecular flexibility index (Phi) is 2.45. The zero-order chi connectivity index (χ0) is 9.42. The molecule has 2 aliphatic rings. The Morgan fingerprint density at radius 1 is 1.46 bits per heavy atom. The zero-order valence-corrected chi connectivity index (χ0v) is 8.94. The van der Waals surface area contributed by atoms with Gasteiger partial charge in [-0.15, -0.1) is 0 Å². The molecule has 2 rings (SSSR count). The van der Waals surface area contributed by atoms with Gasteiger partial charge in [-0.05, 0) is 56.2 Å². The lowest BCUT2D eigenvalue weighted by atomic mass is 9.84. The Bertz CT molecular complexity index is 217. The molecule has 2 bridgehead atoms.